The van der Waals surface area contributed by atoms with Crippen molar-refractivity contribution in [3.05, 3.63) is 18.5 Å². The fourth-order valence-electron chi connectivity index (χ4n) is 2.44. The lowest BCUT2D eigenvalue weighted by Crippen LogP contribution is -2.42. The van der Waals surface area contributed by atoms with Crippen LogP contribution < -0.4 is 11.1 Å². The predicted molar refractivity (Wildman–Crippen MR) is 79.8 cm³/mol. The highest BCUT2D eigenvalue weighted by atomic mass is 35.5. The minimum atomic E-state index is -0.260. The zero-order valence-corrected chi connectivity index (χ0v) is 12.6. The molecule has 0 bridgehead atoms. The van der Waals surface area contributed by atoms with Gasteiger partial charge in [0.1, 0.15) is 6.04 Å². The van der Waals surface area contributed by atoms with Crippen LogP contribution in [0.1, 0.15) is 32.2 Å². The van der Waals surface area contributed by atoms with Gasteiger partial charge in [-0.2, -0.15) is 5.10 Å². The third-order valence-electron chi connectivity index (χ3n) is 3.59. The Morgan fingerprint density at radius 1 is 1.53 bits per heavy atom. The van der Waals surface area contributed by atoms with E-state index in [1.807, 2.05) is 13.0 Å². The molecule has 1 fully saturated rings. The Labute approximate surface area is 126 Å². The molecule has 110 valence electrons. The standard InChI is InChI=1S/C12H20N4O.2ClH/c1-9(16-7-3-6-14-16)12(17)15-11-5-2-4-10(11)8-13;;/h3,6-7,9-11H,2,4-5,8,13H2,1H3,(H,15,17);2*1H. The number of hydrogen-bond donors (Lipinski definition) is 2. The van der Waals surface area contributed by atoms with Crippen LogP contribution in [0.15, 0.2) is 18.5 Å². The number of nitrogens with one attached hydrogen (secondary N) is 1. The van der Waals surface area contributed by atoms with Gasteiger partial charge in [-0.3, -0.25) is 9.48 Å². The molecule has 0 radical (unpaired) electrons. The molecule has 1 aliphatic rings. The summed E-state index contributed by atoms with van der Waals surface area (Å²) in [6.45, 7) is 2.51. The summed E-state index contributed by atoms with van der Waals surface area (Å²) in [4.78, 5) is 12.0. The molecule has 3 unspecified atom stereocenters. The summed E-state index contributed by atoms with van der Waals surface area (Å²) in [6, 6.07) is 1.80. The average Bonchev–Trinajstić information content (AvgIpc) is 2.98. The average molecular weight is 309 g/mol. The van der Waals surface area contributed by atoms with E-state index in [9.17, 15) is 4.79 Å². The van der Waals surface area contributed by atoms with Crippen molar-refractivity contribution in [3.8, 4) is 0 Å². The second-order valence-electron chi connectivity index (χ2n) is 4.70. The number of halogens is 2. The SMILES string of the molecule is CC(C(=O)NC1CCCC1CN)n1cccn1.Cl.Cl. The van der Waals surface area contributed by atoms with Crippen LogP contribution in [0.3, 0.4) is 0 Å². The number of carbonyl (C=O) groups excluding carboxylic acids is 1. The Morgan fingerprint density at radius 2 is 2.26 bits per heavy atom. The van der Waals surface area contributed by atoms with Crippen molar-refractivity contribution in [3.63, 3.8) is 0 Å². The molecule has 3 N–H and O–H groups in total. The quantitative estimate of drug-likeness (QED) is 0.886. The lowest BCUT2D eigenvalue weighted by atomic mass is 10.0. The van der Waals surface area contributed by atoms with Gasteiger partial charge in [0.25, 0.3) is 0 Å². The van der Waals surface area contributed by atoms with Crippen LogP contribution in [-0.4, -0.2) is 28.3 Å². The molecule has 0 spiro atoms. The highest BCUT2D eigenvalue weighted by molar-refractivity contribution is 5.85. The number of aromatic nitrogens is 2. The van der Waals surface area contributed by atoms with Gasteiger partial charge in [-0.1, -0.05) is 6.42 Å². The second kappa shape index (κ2) is 8.40. The summed E-state index contributed by atoms with van der Waals surface area (Å²) in [6.07, 6.45) is 6.81. The maximum Gasteiger partial charge on any atom is 0.244 e. The molecule has 1 saturated carbocycles. The van der Waals surface area contributed by atoms with Gasteiger partial charge < -0.3 is 11.1 Å². The maximum atomic E-state index is 12.0. The summed E-state index contributed by atoms with van der Waals surface area (Å²) in [5.74, 6) is 0.461. The summed E-state index contributed by atoms with van der Waals surface area (Å²) < 4.78 is 1.67. The van der Waals surface area contributed by atoms with Crippen LogP contribution >= 0.6 is 24.8 Å². The summed E-state index contributed by atoms with van der Waals surface area (Å²) >= 11 is 0. The highest BCUT2D eigenvalue weighted by Crippen LogP contribution is 2.25. The van der Waals surface area contributed by atoms with Gasteiger partial charge in [0.2, 0.25) is 5.91 Å². The van der Waals surface area contributed by atoms with E-state index in [2.05, 4.69) is 10.4 Å². The van der Waals surface area contributed by atoms with Crippen molar-refractivity contribution in [1.29, 1.82) is 0 Å². The molecule has 1 aliphatic carbocycles. The molecule has 1 aromatic rings. The predicted octanol–water partition coefficient (Wildman–Crippen LogP) is 1.53. The third-order valence-corrected chi connectivity index (χ3v) is 3.59. The minimum absolute atomic E-state index is 0. The van der Waals surface area contributed by atoms with Crippen molar-refractivity contribution in [2.75, 3.05) is 6.54 Å². The molecule has 0 saturated heterocycles. The number of amides is 1. The van der Waals surface area contributed by atoms with Crippen molar-refractivity contribution in [1.82, 2.24) is 15.1 Å². The van der Waals surface area contributed by atoms with Gasteiger partial charge in [-0.25, -0.2) is 0 Å². The van der Waals surface area contributed by atoms with Gasteiger partial charge in [0.05, 0.1) is 0 Å². The zero-order chi connectivity index (χ0) is 12.3. The van der Waals surface area contributed by atoms with E-state index in [1.54, 1.807) is 17.1 Å². The Bertz CT molecular complexity index is 372. The molecule has 1 aromatic heterocycles. The van der Waals surface area contributed by atoms with Crippen LogP contribution in [0.2, 0.25) is 0 Å². The molecule has 0 aromatic carbocycles. The van der Waals surface area contributed by atoms with Gasteiger partial charge in [-0.05, 0) is 38.3 Å². The first kappa shape index (κ1) is 18.2. The topological polar surface area (TPSA) is 72.9 Å². The smallest absolute Gasteiger partial charge is 0.244 e. The van der Waals surface area contributed by atoms with Gasteiger partial charge in [-0.15, -0.1) is 24.8 Å². The Balaban J connectivity index is 0.00000162. The molecular formula is C12H22Cl2N4O. The van der Waals surface area contributed by atoms with Gasteiger partial charge >= 0.3 is 0 Å². The largest absolute Gasteiger partial charge is 0.351 e. The van der Waals surface area contributed by atoms with E-state index in [1.165, 1.54) is 0 Å². The fraction of sp³-hybridized carbons (Fsp3) is 0.667. The van der Waals surface area contributed by atoms with Gasteiger partial charge in [0.15, 0.2) is 0 Å². The lowest BCUT2D eigenvalue weighted by molar-refractivity contribution is -0.125. The van der Waals surface area contributed by atoms with Crippen molar-refractivity contribution >= 4 is 30.7 Å². The lowest BCUT2D eigenvalue weighted by Gasteiger charge is -2.21. The number of nitrogens with two attached hydrogens (primary N) is 1. The maximum absolute atomic E-state index is 12.0. The summed E-state index contributed by atoms with van der Waals surface area (Å²) in [5, 5.41) is 7.17. The normalized spacial score (nSPS) is 23.1. The van der Waals surface area contributed by atoms with Crippen LogP contribution in [-0.2, 0) is 4.79 Å². The van der Waals surface area contributed by atoms with E-state index < -0.39 is 0 Å². The van der Waals surface area contributed by atoms with E-state index in [0.29, 0.717) is 12.5 Å². The molecule has 19 heavy (non-hydrogen) atoms. The zero-order valence-electron chi connectivity index (χ0n) is 11.0. The molecule has 2 rings (SSSR count). The first-order valence-electron chi connectivity index (χ1n) is 6.22. The molecule has 1 amide bonds. The number of nitrogens with zero attached hydrogens (tertiary/aromatic N) is 2. The number of hydrogen-bond acceptors (Lipinski definition) is 3. The molecular weight excluding hydrogens is 287 g/mol. The van der Waals surface area contributed by atoms with E-state index >= 15 is 0 Å². The first-order chi connectivity index (χ1) is 8.22. The molecule has 1 heterocycles. The van der Waals surface area contributed by atoms with Crippen molar-refractivity contribution in [2.24, 2.45) is 11.7 Å². The van der Waals surface area contributed by atoms with E-state index in [0.717, 1.165) is 19.3 Å². The Morgan fingerprint density at radius 3 is 2.84 bits per heavy atom. The summed E-state index contributed by atoms with van der Waals surface area (Å²) in [5.41, 5.74) is 5.70. The minimum Gasteiger partial charge on any atom is -0.351 e. The molecule has 0 aliphatic heterocycles. The summed E-state index contributed by atoms with van der Waals surface area (Å²) in [7, 11) is 0. The molecule has 7 heteroatoms. The van der Waals surface area contributed by atoms with Crippen LogP contribution in [0.25, 0.3) is 0 Å². The van der Waals surface area contributed by atoms with Crippen molar-refractivity contribution < 1.29 is 4.79 Å². The first-order valence-corrected chi connectivity index (χ1v) is 6.22. The van der Waals surface area contributed by atoms with Crippen molar-refractivity contribution in [2.45, 2.75) is 38.3 Å². The van der Waals surface area contributed by atoms with E-state index in [-0.39, 0.29) is 42.8 Å². The second-order valence-corrected chi connectivity index (χ2v) is 4.70. The van der Waals surface area contributed by atoms with Crippen LogP contribution in [0.5, 0.6) is 0 Å². The van der Waals surface area contributed by atoms with Gasteiger partial charge in [0, 0.05) is 18.4 Å². The Hall–Kier alpha value is -0.780. The molecule has 3 atom stereocenters. The fourth-order valence-corrected chi connectivity index (χ4v) is 2.44. The molecule has 5 nitrogen and oxygen atoms in total. The Kier molecular flexibility index (Phi) is 8.06. The number of rotatable bonds is 4. The number of carbonyl (C=O) groups is 1. The monoisotopic (exact) mass is 308 g/mol. The highest BCUT2D eigenvalue weighted by Gasteiger charge is 2.28. The van der Waals surface area contributed by atoms with Crippen LogP contribution in [0, 0.1) is 5.92 Å². The van der Waals surface area contributed by atoms with Crippen LogP contribution in [0.4, 0.5) is 0 Å². The van der Waals surface area contributed by atoms with E-state index in [4.69, 9.17) is 5.73 Å². The third kappa shape index (κ3) is 4.37.